The maximum atomic E-state index is 12.9. The molecule has 0 bridgehead atoms. The minimum Gasteiger partial charge on any atom is -0.341 e. The number of amides is 1. The Hall–Kier alpha value is -2.33. The highest BCUT2D eigenvalue weighted by atomic mass is 32.1. The quantitative estimate of drug-likeness (QED) is 0.674. The Labute approximate surface area is 147 Å². The maximum absolute atomic E-state index is 12.9. The van der Waals surface area contributed by atoms with Crippen LogP contribution in [0.4, 0.5) is 0 Å². The highest BCUT2D eigenvalue weighted by molar-refractivity contribution is 7.12. The summed E-state index contributed by atoms with van der Waals surface area (Å²) in [5, 5.41) is 1.99. The number of aryl methyl sites for hydroxylation is 2. The van der Waals surface area contributed by atoms with Crippen LogP contribution in [0.3, 0.4) is 0 Å². The Morgan fingerprint density at radius 2 is 1.71 bits per heavy atom. The van der Waals surface area contributed by atoms with E-state index in [4.69, 9.17) is 0 Å². The Balaban J connectivity index is 1.77. The number of rotatable bonds is 5. The van der Waals surface area contributed by atoms with Gasteiger partial charge in [-0.05, 0) is 49.4 Å². The van der Waals surface area contributed by atoms with Crippen molar-refractivity contribution in [1.29, 1.82) is 0 Å². The van der Waals surface area contributed by atoms with E-state index < -0.39 is 0 Å². The lowest BCUT2D eigenvalue weighted by Gasteiger charge is -2.18. The van der Waals surface area contributed by atoms with Crippen LogP contribution in [0.25, 0.3) is 5.69 Å². The van der Waals surface area contributed by atoms with E-state index in [1.165, 1.54) is 16.9 Å². The van der Waals surface area contributed by atoms with Crippen molar-refractivity contribution in [3.63, 3.8) is 0 Å². The number of hydrogen-bond donors (Lipinski definition) is 0. The van der Waals surface area contributed by atoms with Gasteiger partial charge in [0.25, 0.3) is 5.91 Å². The smallest absolute Gasteiger partial charge is 0.265 e. The first kappa shape index (κ1) is 16.5. The van der Waals surface area contributed by atoms with Crippen LogP contribution in [0, 0.1) is 13.8 Å². The standard InChI is InChI=1S/C20H22N2OS/c1-15-9-10-16(2)22(15)18-12-14-24-19(18)20(23)21(3)13-11-17-7-5-4-6-8-17/h4-10,12,14H,11,13H2,1-3H3. The molecule has 0 fully saturated rings. The summed E-state index contributed by atoms with van der Waals surface area (Å²) in [6.45, 7) is 4.85. The summed E-state index contributed by atoms with van der Waals surface area (Å²) >= 11 is 1.51. The summed E-state index contributed by atoms with van der Waals surface area (Å²) in [5.41, 5.74) is 4.52. The molecule has 0 aliphatic heterocycles. The Morgan fingerprint density at radius 3 is 2.38 bits per heavy atom. The SMILES string of the molecule is Cc1ccc(C)n1-c1ccsc1C(=O)N(C)CCc1ccccc1. The van der Waals surface area contributed by atoms with Gasteiger partial charge in [-0.2, -0.15) is 0 Å². The van der Waals surface area contributed by atoms with Gasteiger partial charge in [0, 0.05) is 25.0 Å². The first-order valence-electron chi connectivity index (χ1n) is 8.10. The fourth-order valence-corrected chi connectivity index (χ4v) is 3.77. The highest BCUT2D eigenvalue weighted by Gasteiger charge is 2.19. The molecule has 0 N–H and O–H groups in total. The molecule has 3 aromatic rings. The Bertz CT molecular complexity index is 813. The predicted octanol–water partition coefficient (Wildman–Crippen LogP) is 4.47. The van der Waals surface area contributed by atoms with Crippen LogP contribution in [-0.2, 0) is 6.42 Å². The van der Waals surface area contributed by atoms with Gasteiger partial charge in [0.2, 0.25) is 0 Å². The van der Waals surface area contributed by atoms with Gasteiger partial charge < -0.3 is 9.47 Å². The number of carbonyl (C=O) groups excluding carboxylic acids is 1. The fourth-order valence-electron chi connectivity index (χ4n) is 2.90. The zero-order valence-electron chi connectivity index (χ0n) is 14.3. The summed E-state index contributed by atoms with van der Waals surface area (Å²) in [6.07, 6.45) is 0.866. The third-order valence-electron chi connectivity index (χ3n) is 4.28. The van der Waals surface area contributed by atoms with E-state index in [0.29, 0.717) is 6.54 Å². The van der Waals surface area contributed by atoms with E-state index in [1.807, 2.05) is 41.6 Å². The Morgan fingerprint density at radius 1 is 1.04 bits per heavy atom. The molecule has 0 saturated heterocycles. The molecule has 0 unspecified atom stereocenters. The zero-order chi connectivity index (χ0) is 17.1. The minimum absolute atomic E-state index is 0.0865. The van der Waals surface area contributed by atoms with E-state index in [1.54, 1.807) is 0 Å². The molecule has 1 aromatic carbocycles. The van der Waals surface area contributed by atoms with E-state index in [-0.39, 0.29) is 5.91 Å². The number of aromatic nitrogens is 1. The van der Waals surface area contributed by atoms with Crippen molar-refractivity contribution in [3.8, 4) is 5.69 Å². The average Bonchev–Trinajstić information content (AvgIpc) is 3.19. The summed E-state index contributed by atoms with van der Waals surface area (Å²) in [5.74, 6) is 0.0865. The molecular formula is C20H22N2OS. The first-order valence-corrected chi connectivity index (χ1v) is 8.98. The minimum atomic E-state index is 0.0865. The maximum Gasteiger partial charge on any atom is 0.265 e. The van der Waals surface area contributed by atoms with Gasteiger partial charge in [-0.15, -0.1) is 11.3 Å². The van der Waals surface area contributed by atoms with Crippen LogP contribution in [0.15, 0.2) is 53.9 Å². The lowest BCUT2D eigenvalue weighted by atomic mass is 10.1. The van der Waals surface area contributed by atoms with Crippen molar-refractivity contribution in [1.82, 2.24) is 9.47 Å². The molecule has 24 heavy (non-hydrogen) atoms. The van der Waals surface area contributed by atoms with Crippen molar-refractivity contribution in [3.05, 3.63) is 75.7 Å². The summed E-state index contributed by atoms with van der Waals surface area (Å²) in [6, 6.07) is 16.5. The van der Waals surface area contributed by atoms with Crippen LogP contribution in [0.1, 0.15) is 26.6 Å². The lowest BCUT2D eigenvalue weighted by Crippen LogP contribution is -2.29. The number of thiophene rings is 1. The van der Waals surface area contributed by atoms with Crippen LogP contribution in [0.5, 0.6) is 0 Å². The van der Waals surface area contributed by atoms with Gasteiger partial charge in [0.05, 0.1) is 5.69 Å². The molecule has 0 aliphatic carbocycles. The number of carbonyl (C=O) groups is 1. The van der Waals surface area contributed by atoms with E-state index in [0.717, 1.165) is 28.4 Å². The molecule has 3 rings (SSSR count). The van der Waals surface area contributed by atoms with Crippen LogP contribution < -0.4 is 0 Å². The van der Waals surface area contributed by atoms with Gasteiger partial charge in [0.1, 0.15) is 4.88 Å². The normalized spacial score (nSPS) is 10.8. The van der Waals surface area contributed by atoms with Gasteiger partial charge in [-0.3, -0.25) is 4.79 Å². The van der Waals surface area contributed by atoms with Crippen LogP contribution >= 0.6 is 11.3 Å². The van der Waals surface area contributed by atoms with Crippen molar-refractivity contribution >= 4 is 17.2 Å². The molecule has 0 spiro atoms. The zero-order valence-corrected chi connectivity index (χ0v) is 15.1. The second-order valence-electron chi connectivity index (χ2n) is 6.05. The predicted molar refractivity (Wildman–Crippen MR) is 100 cm³/mol. The van der Waals surface area contributed by atoms with Gasteiger partial charge >= 0.3 is 0 Å². The molecule has 2 aromatic heterocycles. The molecule has 0 atom stereocenters. The number of hydrogen-bond acceptors (Lipinski definition) is 2. The third kappa shape index (κ3) is 3.29. The highest BCUT2D eigenvalue weighted by Crippen LogP contribution is 2.26. The van der Waals surface area contributed by atoms with Gasteiger partial charge in [-0.25, -0.2) is 0 Å². The van der Waals surface area contributed by atoms with Crippen LogP contribution in [-0.4, -0.2) is 29.0 Å². The molecule has 0 saturated carbocycles. The molecular weight excluding hydrogens is 316 g/mol. The van der Waals surface area contributed by atoms with Gasteiger partial charge in [-0.1, -0.05) is 30.3 Å². The second kappa shape index (κ2) is 7.05. The lowest BCUT2D eigenvalue weighted by molar-refractivity contribution is 0.0801. The van der Waals surface area contributed by atoms with Crippen molar-refractivity contribution in [2.75, 3.05) is 13.6 Å². The molecule has 0 aliphatic rings. The summed E-state index contributed by atoms with van der Waals surface area (Å²) in [4.78, 5) is 15.5. The van der Waals surface area contributed by atoms with Crippen molar-refractivity contribution in [2.45, 2.75) is 20.3 Å². The molecule has 3 nitrogen and oxygen atoms in total. The monoisotopic (exact) mass is 338 g/mol. The molecule has 4 heteroatoms. The largest absolute Gasteiger partial charge is 0.341 e. The van der Waals surface area contributed by atoms with Crippen LogP contribution in [0.2, 0.25) is 0 Å². The first-order chi connectivity index (χ1) is 11.6. The molecule has 1 amide bonds. The van der Waals surface area contributed by atoms with Crippen molar-refractivity contribution < 1.29 is 4.79 Å². The van der Waals surface area contributed by atoms with E-state index in [9.17, 15) is 4.79 Å². The second-order valence-corrected chi connectivity index (χ2v) is 6.96. The van der Waals surface area contributed by atoms with E-state index in [2.05, 4.69) is 42.7 Å². The Kier molecular flexibility index (Phi) is 4.86. The molecule has 124 valence electrons. The van der Waals surface area contributed by atoms with Crippen molar-refractivity contribution in [2.24, 2.45) is 0 Å². The van der Waals surface area contributed by atoms with Gasteiger partial charge in [0.15, 0.2) is 0 Å². The topological polar surface area (TPSA) is 25.2 Å². The third-order valence-corrected chi connectivity index (χ3v) is 5.17. The number of benzene rings is 1. The molecule has 0 radical (unpaired) electrons. The number of nitrogens with zero attached hydrogens (tertiary/aromatic N) is 2. The fraction of sp³-hybridized carbons (Fsp3) is 0.250. The number of likely N-dealkylation sites (N-methyl/N-ethyl adjacent to an activating group) is 1. The summed E-state index contributed by atoms with van der Waals surface area (Å²) in [7, 11) is 1.88. The summed E-state index contributed by atoms with van der Waals surface area (Å²) < 4.78 is 2.15. The molecule has 2 heterocycles. The average molecular weight is 338 g/mol. The van der Waals surface area contributed by atoms with E-state index >= 15 is 0 Å².